The van der Waals surface area contributed by atoms with Gasteiger partial charge in [-0.25, -0.2) is 9.18 Å². The molecule has 1 aromatic heterocycles. The van der Waals surface area contributed by atoms with Gasteiger partial charge in [-0.15, -0.1) is 11.3 Å². The highest BCUT2D eigenvalue weighted by molar-refractivity contribution is 7.16. The van der Waals surface area contributed by atoms with Gasteiger partial charge in [-0.1, -0.05) is 19.1 Å². The number of piperazine rings is 1. The van der Waals surface area contributed by atoms with Crippen molar-refractivity contribution in [3.63, 3.8) is 0 Å². The number of rotatable bonds is 7. The number of hydrogen-bond donors (Lipinski definition) is 1. The van der Waals surface area contributed by atoms with Gasteiger partial charge in [0.1, 0.15) is 10.8 Å². The summed E-state index contributed by atoms with van der Waals surface area (Å²) in [5, 5.41) is 3.47. The molecule has 1 N–H and O–H groups in total. The van der Waals surface area contributed by atoms with Crippen molar-refractivity contribution in [1.82, 2.24) is 9.80 Å². The number of hydrogen-bond acceptors (Lipinski definition) is 6. The summed E-state index contributed by atoms with van der Waals surface area (Å²) in [4.78, 5) is 30.2. The fourth-order valence-electron chi connectivity index (χ4n) is 3.78. The number of aryl methyl sites for hydroxylation is 1. The van der Waals surface area contributed by atoms with Gasteiger partial charge in [0.2, 0.25) is 5.91 Å². The molecule has 1 fully saturated rings. The van der Waals surface area contributed by atoms with Crippen LogP contribution in [-0.4, -0.2) is 61.5 Å². The molecule has 1 saturated heterocycles. The molecule has 30 heavy (non-hydrogen) atoms. The van der Waals surface area contributed by atoms with Crippen LogP contribution in [0.15, 0.2) is 24.3 Å². The molecule has 2 aromatic rings. The molecule has 0 atom stereocenters. The maximum atomic E-state index is 13.4. The Morgan fingerprint density at radius 2 is 1.90 bits per heavy atom. The van der Waals surface area contributed by atoms with E-state index in [1.165, 1.54) is 24.5 Å². The van der Waals surface area contributed by atoms with Gasteiger partial charge in [-0.05, 0) is 36.6 Å². The summed E-state index contributed by atoms with van der Waals surface area (Å²) >= 11 is 1.41. The molecule has 0 aliphatic carbocycles. The van der Waals surface area contributed by atoms with Crippen LogP contribution in [0, 0.1) is 12.7 Å². The monoisotopic (exact) mass is 433 g/mol. The summed E-state index contributed by atoms with van der Waals surface area (Å²) < 4.78 is 18.3. The Morgan fingerprint density at radius 1 is 1.20 bits per heavy atom. The maximum absolute atomic E-state index is 13.4. The molecule has 1 aromatic carbocycles. The lowest BCUT2D eigenvalue weighted by Gasteiger charge is -2.34. The summed E-state index contributed by atoms with van der Waals surface area (Å²) in [7, 11) is 1.35. The largest absolute Gasteiger partial charge is 0.465 e. The molecule has 2 heterocycles. The normalized spacial score (nSPS) is 15.2. The molecule has 8 heteroatoms. The molecule has 1 amide bonds. The molecule has 1 aliphatic rings. The minimum atomic E-state index is -0.419. The van der Waals surface area contributed by atoms with Crippen LogP contribution in [0.25, 0.3) is 0 Å². The quantitative estimate of drug-likeness (QED) is 0.679. The third-order valence-electron chi connectivity index (χ3n) is 5.33. The summed E-state index contributed by atoms with van der Waals surface area (Å²) in [6.07, 6.45) is 0.704. The Labute approximate surface area is 180 Å². The lowest BCUT2D eigenvalue weighted by Crippen LogP contribution is -2.48. The van der Waals surface area contributed by atoms with Crippen molar-refractivity contribution in [3.05, 3.63) is 51.7 Å². The number of anilines is 1. The van der Waals surface area contributed by atoms with Crippen molar-refractivity contribution in [3.8, 4) is 0 Å². The first-order chi connectivity index (χ1) is 14.4. The van der Waals surface area contributed by atoms with E-state index in [-0.39, 0.29) is 18.3 Å². The zero-order chi connectivity index (χ0) is 21.7. The van der Waals surface area contributed by atoms with Crippen molar-refractivity contribution in [2.24, 2.45) is 0 Å². The predicted octanol–water partition coefficient (Wildman–Crippen LogP) is 3.30. The Bertz CT molecular complexity index is 907. The predicted molar refractivity (Wildman–Crippen MR) is 117 cm³/mol. The van der Waals surface area contributed by atoms with Gasteiger partial charge in [0.15, 0.2) is 0 Å². The first-order valence-electron chi connectivity index (χ1n) is 10.1. The van der Waals surface area contributed by atoms with Gasteiger partial charge in [0.25, 0.3) is 0 Å². The van der Waals surface area contributed by atoms with E-state index in [1.54, 1.807) is 12.1 Å². The smallest absolute Gasteiger partial charge is 0.341 e. The highest BCUT2D eigenvalue weighted by Gasteiger charge is 2.24. The van der Waals surface area contributed by atoms with Crippen LogP contribution in [0.2, 0.25) is 0 Å². The number of carbonyl (C=O) groups is 2. The van der Waals surface area contributed by atoms with Crippen molar-refractivity contribution >= 4 is 28.2 Å². The lowest BCUT2D eigenvalue weighted by atomic mass is 10.1. The van der Waals surface area contributed by atoms with Crippen LogP contribution in [-0.2, 0) is 22.5 Å². The van der Waals surface area contributed by atoms with Crippen LogP contribution in [0.3, 0.4) is 0 Å². The zero-order valence-electron chi connectivity index (χ0n) is 17.7. The minimum Gasteiger partial charge on any atom is -0.465 e. The fourth-order valence-corrected chi connectivity index (χ4v) is 4.93. The lowest BCUT2D eigenvalue weighted by molar-refractivity contribution is -0.117. The average molecular weight is 434 g/mol. The van der Waals surface area contributed by atoms with E-state index in [9.17, 15) is 14.0 Å². The van der Waals surface area contributed by atoms with E-state index in [2.05, 4.69) is 15.1 Å². The van der Waals surface area contributed by atoms with Crippen LogP contribution >= 0.6 is 11.3 Å². The second-order valence-corrected chi connectivity index (χ2v) is 8.64. The Morgan fingerprint density at radius 3 is 2.53 bits per heavy atom. The molecule has 0 bridgehead atoms. The maximum Gasteiger partial charge on any atom is 0.341 e. The van der Waals surface area contributed by atoms with Gasteiger partial charge in [0, 0.05) is 37.6 Å². The van der Waals surface area contributed by atoms with E-state index in [1.807, 2.05) is 19.9 Å². The number of benzene rings is 1. The number of thiophene rings is 1. The Hall–Kier alpha value is -2.29. The number of carbonyl (C=O) groups excluding carboxylic acids is 2. The van der Waals surface area contributed by atoms with E-state index >= 15 is 0 Å². The standard InChI is InChI=1S/C22H28FN3O3S/c1-4-18-15(2)30-21(20(18)22(28)29-3)24-19(27)14-26-10-8-25(9-11-26)13-16-6-5-7-17(23)12-16/h5-7,12H,4,8-11,13-14H2,1-3H3,(H,24,27). The number of amides is 1. The summed E-state index contributed by atoms with van der Waals surface area (Å²) in [5.74, 6) is -0.774. The first-order valence-corrected chi connectivity index (χ1v) is 10.9. The molecule has 0 unspecified atom stereocenters. The third kappa shape index (κ3) is 5.44. The Kier molecular flexibility index (Phi) is 7.58. The molecular weight excluding hydrogens is 405 g/mol. The number of nitrogens with one attached hydrogen (secondary N) is 1. The molecule has 0 spiro atoms. The van der Waals surface area contributed by atoms with Crippen molar-refractivity contribution in [2.75, 3.05) is 45.2 Å². The highest BCUT2D eigenvalue weighted by atomic mass is 32.1. The average Bonchev–Trinajstić information content (AvgIpc) is 3.03. The van der Waals surface area contributed by atoms with Gasteiger partial charge >= 0.3 is 5.97 Å². The summed E-state index contributed by atoms with van der Waals surface area (Å²) in [5.41, 5.74) is 2.35. The van der Waals surface area contributed by atoms with Gasteiger partial charge in [-0.3, -0.25) is 14.6 Å². The SMILES string of the molecule is CCc1c(C)sc(NC(=O)CN2CCN(Cc3cccc(F)c3)CC2)c1C(=O)OC. The molecule has 0 saturated carbocycles. The van der Waals surface area contributed by atoms with E-state index in [0.717, 1.165) is 42.2 Å². The third-order valence-corrected chi connectivity index (χ3v) is 6.40. The van der Waals surface area contributed by atoms with Crippen molar-refractivity contribution in [2.45, 2.75) is 26.8 Å². The zero-order valence-corrected chi connectivity index (χ0v) is 18.5. The van der Waals surface area contributed by atoms with E-state index in [0.29, 0.717) is 23.5 Å². The number of halogens is 1. The number of methoxy groups -OCH3 is 1. The fraction of sp³-hybridized carbons (Fsp3) is 0.455. The van der Waals surface area contributed by atoms with Crippen LogP contribution in [0.5, 0.6) is 0 Å². The Balaban J connectivity index is 1.54. The molecule has 3 rings (SSSR count). The number of nitrogens with zero attached hydrogens (tertiary/aromatic N) is 2. The minimum absolute atomic E-state index is 0.136. The topological polar surface area (TPSA) is 61.9 Å². The molecule has 162 valence electrons. The summed E-state index contributed by atoms with van der Waals surface area (Å²) in [6, 6.07) is 6.66. The van der Waals surface area contributed by atoms with Crippen LogP contribution in [0.1, 0.15) is 33.3 Å². The van der Waals surface area contributed by atoms with Gasteiger partial charge in [-0.2, -0.15) is 0 Å². The molecule has 1 aliphatic heterocycles. The number of ether oxygens (including phenoxy) is 1. The van der Waals surface area contributed by atoms with E-state index < -0.39 is 5.97 Å². The van der Waals surface area contributed by atoms with Gasteiger partial charge < -0.3 is 10.1 Å². The van der Waals surface area contributed by atoms with E-state index in [4.69, 9.17) is 4.74 Å². The molecule has 0 radical (unpaired) electrons. The van der Waals surface area contributed by atoms with Crippen LogP contribution in [0.4, 0.5) is 9.39 Å². The highest BCUT2D eigenvalue weighted by Crippen LogP contribution is 2.34. The second kappa shape index (κ2) is 10.1. The second-order valence-electron chi connectivity index (χ2n) is 7.42. The summed E-state index contributed by atoms with van der Waals surface area (Å²) in [6.45, 7) is 8.05. The van der Waals surface area contributed by atoms with Crippen LogP contribution < -0.4 is 5.32 Å². The molecule has 6 nitrogen and oxygen atoms in total. The molecular formula is C22H28FN3O3S. The number of esters is 1. The van der Waals surface area contributed by atoms with Gasteiger partial charge in [0.05, 0.1) is 19.2 Å². The van der Waals surface area contributed by atoms with Crippen molar-refractivity contribution in [1.29, 1.82) is 0 Å². The van der Waals surface area contributed by atoms with Crippen molar-refractivity contribution < 1.29 is 18.7 Å². The first kappa shape index (κ1) is 22.4.